The van der Waals surface area contributed by atoms with Gasteiger partial charge in [0.1, 0.15) is 6.34 Å². The third-order valence-electron chi connectivity index (χ3n) is 1.31. The van der Waals surface area contributed by atoms with E-state index in [-0.39, 0.29) is 0 Å². The number of rotatable bonds is 0. The van der Waals surface area contributed by atoms with Crippen LogP contribution in [-0.4, -0.2) is 46.7 Å². The van der Waals surface area contributed by atoms with Gasteiger partial charge < -0.3 is 5.73 Å². The van der Waals surface area contributed by atoms with Crippen LogP contribution in [0.3, 0.4) is 0 Å². The summed E-state index contributed by atoms with van der Waals surface area (Å²) in [5, 5.41) is 0. The van der Waals surface area contributed by atoms with Crippen molar-refractivity contribution in [2.45, 2.75) is 5.50 Å². The summed E-state index contributed by atoms with van der Waals surface area (Å²) >= 11 is 4.02. The molecule has 0 saturated heterocycles. The van der Waals surface area contributed by atoms with Crippen LogP contribution in [0.25, 0.3) is 0 Å². The second-order valence-electron chi connectivity index (χ2n) is 2.48. The fourth-order valence-corrected chi connectivity index (χ4v) is 1.09. The zero-order chi connectivity index (χ0) is 12.3. The second-order valence-corrected chi connectivity index (χ2v) is 3.84. The molecule has 2 heterocycles. The van der Waals surface area contributed by atoms with E-state index < -0.39 is 15.9 Å². The highest BCUT2D eigenvalue weighted by Gasteiger charge is 2.21. The van der Waals surface area contributed by atoms with Gasteiger partial charge in [-0.1, -0.05) is 0 Å². The fraction of sp³-hybridized carbons (Fsp3) is 0.200. The predicted molar refractivity (Wildman–Crippen MR) is 61.9 cm³/mol. The summed E-state index contributed by atoms with van der Waals surface area (Å²) in [6.07, 6.45) is 1.41. The van der Waals surface area contributed by atoms with E-state index in [1.807, 2.05) is 0 Å². The largest absolute Gasteiger partial charge is 0.394 e. The van der Waals surface area contributed by atoms with E-state index in [0.29, 0.717) is 17.4 Å². The molecule has 0 spiro atoms. The molecular weight excluding hydrogens is 258 g/mol. The Morgan fingerprint density at radius 3 is 2.50 bits per heavy atom. The number of thiol groups is 1. The Morgan fingerprint density at radius 1 is 1.38 bits per heavy atom. The van der Waals surface area contributed by atoms with Crippen molar-refractivity contribution in [2.24, 2.45) is 25.7 Å². The number of fused-ring (bicyclic) bond motifs is 1. The maximum absolute atomic E-state index is 8.74. The van der Waals surface area contributed by atoms with E-state index in [0.717, 1.165) is 0 Å². The molecule has 2 aliphatic rings. The molecule has 9 nitrogen and oxygen atoms in total. The SMILES string of the molecule is NC1=NC(S)N=C2N=CN=C12.O=S(=O)(O)O. The van der Waals surface area contributed by atoms with Gasteiger partial charge in [0.2, 0.25) is 0 Å². The smallest absolute Gasteiger partial charge is 0.382 e. The first-order valence-electron chi connectivity index (χ1n) is 3.67. The van der Waals surface area contributed by atoms with Gasteiger partial charge >= 0.3 is 10.4 Å². The van der Waals surface area contributed by atoms with E-state index in [1.165, 1.54) is 6.34 Å². The minimum absolute atomic E-state index is 0.354. The average molecular weight is 265 g/mol. The van der Waals surface area contributed by atoms with Gasteiger partial charge in [0.15, 0.2) is 22.9 Å². The molecule has 1 atom stereocenters. The van der Waals surface area contributed by atoms with Crippen LogP contribution in [0, 0.1) is 0 Å². The Bertz CT molecular complexity index is 497. The molecule has 1 unspecified atom stereocenters. The minimum atomic E-state index is -4.67. The summed E-state index contributed by atoms with van der Waals surface area (Å²) in [6.45, 7) is 0. The number of hydrogen-bond donors (Lipinski definition) is 4. The molecule has 88 valence electrons. The Morgan fingerprint density at radius 2 is 1.94 bits per heavy atom. The highest BCUT2D eigenvalue weighted by atomic mass is 32.3. The molecule has 0 aromatic rings. The zero-order valence-electron chi connectivity index (χ0n) is 7.59. The van der Waals surface area contributed by atoms with Crippen LogP contribution in [0.15, 0.2) is 20.0 Å². The lowest BCUT2D eigenvalue weighted by atomic mass is 10.3. The van der Waals surface area contributed by atoms with Gasteiger partial charge in [0, 0.05) is 0 Å². The van der Waals surface area contributed by atoms with E-state index in [1.54, 1.807) is 0 Å². The third kappa shape index (κ3) is 4.06. The van der Waals surface area contributed by atoms with Crippen molar-refractivity contribution in [2.75, 3.05) is 0 Å². The number of nitrogens with zero attached hydrogens (tertiary/aromatic N) is 4. The van der Waals surface area contributed by atoms with Crippen molar-refractivity contribution in [3.63, 3.8) is 0 Å². The van der Waals surface area contributed by atoms with E-state index in [9.17, 15) is 0 Å². The lowest BCUT2D eigenvalue weighted by molar-refractivity contribution is 0.381. The zero-order valence-corrected chi connectivity index (χ0v) is 9.30. The quantitative estimate of drug-likeness (QED) is 0.320. The summed E-state index contributed by atoms with van der Waals surface area (Å²) in [5.74, 6) is 0.880. The summed E-state index contributed by atoms with van der Waals surface area (Å²) in [7, 11) is -4.67. The molecule has 2 aliphatic heterocycles. The Hall–Kier alpha value is -1.30. The monoisotopic (exact) mass is 265 g/mol. The molecule has 0 bridgehead atoms. The number of hydrogen-bond acceptors (Lipinski definition) is 8. The van der Waals surface area contributed by atoms with E-state index >= 15 is 0 Å². The molecule has 11 heteroatoms. The molecule has 0 saturated carbocycles. The lowest BCUT2D eigenvalue weighted by Crippen LogP contribution is -2.33. The second kappa shape index (κ2) is 4.69. The number of nitrogens with two attached hydrogens (primary N) is 1. The lowest BCUT2D eigenvalue weighted by Gasteiger charge is -2.09. The summed E-state index contributed by atoms with van der Waals surface area (Å²) in [4.78, 5) is 15.6. The fourth-order valence-electron chi connectivity index (χ4n) is 0.859. The summed E-state index contributed by atoms with van der Waals surface area (Å²) in [5.41, 5.74) is 5.64. The molecule has 0 aromatic carbocycles. The van der Waals surface area contributed by atoms with Crippen LogP contribution >= 0.6 is 12.6 Å². The molecule has 16 heavy (non-hydrogen) atoms. The van der Waals surface area contributed by atoms with Crippen molar-refractivity contribution in [1.29, 1.82) is 0 Å². The molecule has 0 amide bonds. The Labute approximate surface area is 95.9 Å². The van der Waals surface area contributed by atoms with Crippen LogP contribution in [0.2, 0.25) is 0 Å². The van der Waals surface area contributed by atoms with Crippen molar-refractivity contribution in [1.82, 2.24) is 0 Å². The molecular formula is C5H7N5O4S2. The van der Waals surface area contributed by atoms with E-state index in [4.69, 9.17) is 23.3 Å². The minimum Gasteiger partial charge on any atom is -0.382 e. The van der Waals surface area contributed by atoms with Crippen molar-refractivity contribution in [3.8, 4) is 0 Å². The van der Waals surface area contributed by atoms with Gasteiger partial charge in [0.25, 0.3) is 0 Å². The van der Waals surface area contributed by atoms with Crippen molar-refractivity contribution >= 4 is 46.7 Å². The molecule has 4 N–H and O–H groups in total. The van der Waals surface area contributed by atoms with Crippen LogP contribution in [0.1, 0.15) is 0 Å². The predicted octanol–water partition coefficient (Wildman–Crippen LogP) is -1.20. The van der Waals surface area contributed by atoms with Crippen LogP contribution in [0.5, 0.6) is 0 Å². The topological polar surface area (TPSA) is 150 Å². The first kappa shape index (κ1) is 12.8. The Balaban J connectivity index is 0.000000221. The van der Waals surface area contributed by atoms with Crippen molar-refractivity contribution in [3.05, 3.63) is 0 Å². The molecule has 2 rings (SSSR count). The highest BCUT2D eigenvalue weighted by molar-refractivity contribution is 7.81. The van der Waals surface area contributed by atoms with Gasteiger partial charge in [-0.05, 0) is 0 Å². The first-order chi connectivity index (χ1) is 7.27. The average Bonchev–Trinajstić information content (AvgIpc) is 2.47. The van der Waals surface area contributed by atoms with Crippen molar-refractivity contribution < 1.29 is 17.5 Å². The van der Waals surface area contributed by atoms with Gasteiger partial charge in [-0.2, -0.15) is 8.42 Å². The van der Waals surface area contributed by atoms with Gasteiger partial charge in [0.05, 0.1) is 0 Å². The highest BCUT2D eigenvalue weighted by Crippen LogP contribution is 2.09. The maximum atomic E-state index is 8.74. The standard InChI is InChI=1S/C5H5N5S.H2O4S/c6-3-2-4(8-1-7-2)10-5(11)9-3;1-5(2,3)4/h1,5,11H,(H2,6,9);(H2,1,2,3,4). The molecule has 0 radical (unpaired) electrons. The van der Waals surface area contributed by atoms with Gasteiger partial charge in [-0.15, -0.1) is 12.6 Å². The third-order valence-corrected chi connectivity index (χ3v) is 1.54. The van der Waals surface area contributed by atoms with Gasteiger partial charge in [-0.3, -0.25) is 9.11 Å². The summed E-state index contributed by atoms with van der Waals surface area (Å²) < 4.78 is 31.6. The molecule has 0 aromatic heterocycles. The van der Waals surface area contributed by atoms with E-state index in [2.05, 4.69) is 32.6 Å². The molecule has 0 aliphatic carbocycles. The molecule has 0 fully saturated rings. The number of aliphatic imine (C=N–C) groups is 4. The van der Waals surface area contributed by atoms with Crippen LogP contribution < -0.4 is 5.73 Å². The van der Waals surface area contributed by atoms with Crippen LogP contribution in [0.4, 0.5) is 0 Å². The summed E-state index contributed by atoms with van der Waals surface area (Å²) in [6, 6.07) is 0. The maximum Gasteiger partial charge on any atom is 0.394 e. The normalized spacial score (nSPS) is 22.4. The van der Waals surface area contributed by atoms with Gasteiger partial charge in [-0.25, -0.2) is 20.0 Å². The van der Waals surface area contributed by atoms with Crippen LogP contribution in [-0.2, 0) is 10.4 Å². The number of amidine groups is 2. The Kier molecular flexibility index (Phi) is 3.74. The first-order valence-corrected chi connectivity index (χ1v) is 5.59.